The van der Waals surface area contributed by atoms with Gasteiger partial charge in [0.05, 0.1) is 4.90 Å². The molecule has 4 aromatic rings. The van der Waals surface area contributed by atoms with Gasteiger partial charge in [0, 0.05) is 74.0 Å². The second-order valence-electron chi connectivity index (χ2n) is 10.3. The third-order valence-electron chi connectivity index (χ3n) is 6.81. The number of rotatable bonds is 10. The molecule has 0 aliphatic carbocycles. The first kappa shape index (κ1) is 29.5. The third-order valence-corrected chi connectivity index (χ3v) is 11.9. The van der Waals surface area contributed by atoms with Gasteiger partial charge >= 0.3 is 10.1 Å². The fourth-order valence-corrected chi connectivity index (χ4v) is 9.70. The van der Waals surface area contributed by atoms with Crippen LogP contribution in [0.3, 0.4) is 0 Å². The molecule has 0 saturated heterocycles. The van der Waals surface area contributed by atoms with Crippen molar-refractivity contribution in [2.75, 3.05) is 57.0 Å². The molecule has 212 valence electrons. The third kappa shape index (κ3) is 5.99. The van der Waals surface area contributed by atoms with E-state index in [1.54, 1.807) is 12.1 Å². The summed E-state index contributed by atoms with van der Waals surface area (Å²) in [5, 5.41) is 0. The average molecular weight is 578 g/mol. The van der Waals surface area contributed by atoms with Crippen molar-refractivity contribution in [3.63, 3.8) is 0 Å². The van der Waals surface area contributed by atoms with Crippen LogP contribution in [-0.4, -0.2) is 50.7 Å². The predicted octanol–water partition coefficient (Wildman–Crippen LogP) is 7.05. The topological polar surface area (TPSA) is 53.1 Å². The molecule has 0 fully saturated rings. The largest absolute Gasteiger partial charge is 0.378 e. The Bertz CT molecular complexity index is 1440. The standard InChI is InChI=1S/C32H39N3O3S2/c1-8-25-18-20-29(21-19-25)40(36,37)38-39(30-15-9-12-26(22-30)33(2)3,31-16-10-13-27(23-31)34(4)5)32-17-11-14-28(24-32)35(6)7/h9-24H,8H2,1-7H3. The Balaban J connectivity index is 2.10. The van der Waals surface area contributed by atoms with Gasteiger partial charge < -0.3 is 14.7 Å². The molecule has 40 heavy (non-hydrogen) atoms. The van der Waals surface area contributed by atoms with Crippen LogP contribution in [0.15, 0.2) is 117 Å². The lowest BCUT2D eigenvalue weighted by Crippen LogP contribution is -2.17. The van der Waals surface area contributed by atoms with Crippen molar-refractivity contribution in [3.8, 4) is 0 Å². The van der Waals surface area contributed by atoms with Crippen molar-refractivity contribution >= 4 is 37.5 Å². The number of benzene rings is 4. The minimum atomic E-state index is -4.19. The van der Waals surface area contributed by atoms with Gasteiger partial charge in [-0.1, -0.05) is 37.3 Å². The van der Waals surface area contributed by atoms with E-state index in [1.807, 2.05) is 149 Å². The van der Waals surface area contributed by atoms with Crippen LogP contribution in [0.4, 0.5) is 17.1 Å². The molecule has 0 radical (unpaired) electrons. The minimum absolute atomic E-state index is 0.137. The normalized spacial score (nSPS) is 12.2. The van der Waals surface area contributed by atoms with Gasteiger partial charge in [-0.05, 0) is 89.0 Å². The summed E-state index contributed by atoms with van der Waals surface area (Å²) in [6.45, 7) is 2.04. The maximum Gasteiger partial charge on any atom is 0.307 e. The summed E-state index contributed by atoms with van der Waals surface area (Å²) in [4.78, 5) is 8.55. The van der Waals surface area contributed by atoms with Gasteiger partial charge in [0.1, 0.15) is 0 Å². The smallest absolute Gasteiger partial charge is 0.307 e. The Morgan fingerprint density at radius 3 is 1.25 bits per heavy atom. The van der Waals surface area contributed by atoms with E-state index in [4.69, 9.17) is 3.63 Å². The molecule has 0 aliphatic heterocycles. The molecular formula is C32H39N3O3S2. The van der Waals surface area contributed by atoms with Gasteiger partial charge in [-0.25, -0.2) is 3.63 Å². The van der Waals surface area contributed by atoms with E-state index in [0.717, 1.165) is 43.7 Å². The molecule has 0 saturated carbocycles. The lowest BCUT2D eigenvalue weighted by molar-refractivity contribution is 0.508. The first-order valence-electron chi connectivity index (χ1n) is 13.2. The summed E-state index contributed by atoms with van der Waals surface area (Å²) in [5.41, 5.74) is 3.93. The molecule has 0 unspecified atom stereocenters. The lowest BCUT2D eigenvalue weighted by Gasteiger charge is -2.40. The molecule has 0 N–H and O–H groups in total. The summed E-state index contributed by atoms with van der Waals surface area (Å²) in [7, 11) is 4.87. The van der Waals surface area contributed by atoms with Crippen molar-refractivity contribution in [1.29, 1.82) is 0 Å². The number of hydrogen-bond donors (Lipinski definition) is 0. The van der Waals surface area contributed by atoms with Crippen LogP contribution in [-0.2, 0) is 20.2 Å². The van der Waals surface area contributed by atoms with E-state index in [-0.39, 0.29) is 4.90 Å². The molecule has 4 aromatic carbocycles. The fourth-order valence-electron chi connectivity index (χ4n) is 4.41. The lowest BCUT2D eigenvalue weighted by atomic mass is 10.2. The van der Waals surface area contributed by atoms with Crippen molar-refractivity contribution in [1.82, 2.24) is 0 Å². The molecule has 0 aliphatic rings. The highest BCUT2D eigenvalue weighted by Crippen LogP contribution is 2.71. The predicted molar refractivity (Wildman–Crippen MR) is 169 cm³/mol. The first-order chi connectivity index (χ1) is 19.0. The summed E-state index contributed by atoms with van der Waals surface area (Å²) < 4.78 is 35.0. The Labute approximate surface area is 241 Å². The zero-order chi connectivity index (χ0) is 29.1. The SMILES string of the molecule is CCc1ccc(S(=O)(=O)OS(c2cccc(N(C)C)c2)(c2cccc(N(C)C)c2)c2cccc(N(C)C)c2)cc1. The molecule has 0 aromatic heterocycles. The second kappa shape index (κ2) is 12.0. The van der Waals surface area contributed by atoms with Crippen molar-refractivity contribution in [2.45, 2.75) is 32.9 Å². The van der Waals surface area contributed by atoms with Crippen LogP contribution in [0.5, 0.6) is 0 Å². The molecule has 0 bridgehead atoms. The number of anilines is 3. The highest BCUT2D eigenvalue weighted by atomic mass is 32.3. The maximum absolute atomic E-state index is 14.2. The highest BCUT2D eigenvalue weighted by molar-refractivity contribution is 8.33. The van der Waals surface area contributed by atoms with Crippen molar-refractivity contribution < 1.29 is 12.0 Å². The molecular weight excluding hydrogens is 539 g/mol. The zero-order valence-electron chi connectivity index (χ0n) is 24.3. The van der Waals surface area contributed by atoms with Crippen molar-refractivity contribution in [3.05, 3.63) is 103 Å². The maximum atomic E-state index is 14.2. The Kier molecular flexibility index (Phi) is 8.83. The summed E-state index contributed by atoms with van der Waals surface area (Å²) in [6, 6.07) is 30.9. The second-order valence-corrected chi connectivity index (χ2v) is 14.7. The van der Waals surface area contributed by atoms with E-state index < -0.39 is 20.4 Å². The number of nitrogens with zero attached hydrogens (tertiary/aromatic N) is 3. The van der Waals surface area contributed by atoms with Crippen LogP contribution >= 0.6 is 10.3 Å². The molecule has 4 rings (SSSR count). The molecule has 0 amide bonds. The van der Waals surface area contributed by atoms with Crippen LogP contribution in [0.1, 0.15) is 12.5 Å². The van der Waals surface area contributed by atoms with E-state index >= 15 is 0 Å². The summed E-state index contributed by atoms with van der Waals surface area (Å²) >= 11 is 0. The number of aryl methyl sites for hydroxylation is 1. The Hall–Kier alpha value is -3.46. The number of hydrogen-bond acceptors (Lipinski definition) is 6. The molecule has 0 atom stereocenters. The molecule has 6 nitrogen and oxygen atoms in total. The summed E-state index contributed by atoms with van der Waals surface area (Å²) in [6.07, 6.45) is 0.822. The quantitative estimate of drug-likeness (QED) is 0.201. The van der Waals surface area contributed by atoms with Crippen LogP contribution < -0.4 is 14.7 Å². The van der Waals surface area contributed by atoms with Crippen LogP contribution in [0, 0.1) is 0 Å². The van der Waals surface area contributed by atoms with Crippen LogP contribution in [0.2, 0.25) is 0 Å². The highest BCUT2D eigenvalue weighted by Gasteiger charge is 2.39. The van der Waals surface area contributed by atoms with E-state index in [9.17, 15) is 8.42 Å². The van der Waals surface area contributed by atoms with Gasteiger partial charge in [0.2, 0.25) is 0 Å². The van der Waals surface area contributed by atoms with E-state index in [0.29, 0.717) is 0 Å². The van der Waals surface area contributed by atoms with Gasteiger partial charge in [0.25, 0.3) is 0 Å². The van der Waals surface area contributed by atoms with Crippen LogP contribution in [0.25, 0.3) is 0 Å². The van der Waals surface area contributed by atoms with Gasteiger partial charge in [-0.2, -0.15) is 8.42 Å². The minimum Gasteiger partial charge on any atom is -0.378 e. The van der Waals surface area contributed by atoms with Gasteiger partial charge in [0.15, 0.2) is 0 Å². The Morgan fingerprint density at radius 2 is 0.925 bits per heavy atom. The summed E-state index contributed by atoms with van der Waals surface area (Å²) in [5.74, 6) is 0. The van der Waals surface area contributed by atoms with Gasteiger partial charge in [-0.3, -0.25) is 0 Å². The fraction of sp³-hybridized carbons (Fsp3) is 0.250. The monoisotopic (exact) mass is 577 g/mol. The van der Waals surface area contributed by atoms with Crippen molar-refractivity contribution in [2.24, 2.45) is 0 Å². The van der Waals surface area contributed by atoms with Gasteiger partial charge in [-0.15, -0.1) is 0 Å². The average Bonchev–Trinajstić information content (AvgIpc) is 2.96. The van der Waals surface area contributed by atoms with E-state index in [1.165, 1.54) is 0 Å². The molecule has 8 heteroatoms. The molecule has 0 spiro atoms. The molecule has 0 heterocycles. The zero-order valence-corrected chi connectivity index (χ0v) is 26.0. The first-order valence-corrected chi connectivity index (χ1v) is 16.1. The van der Waals surface area contributed by atoms with E-state index in [2.05, 4.69) is 0 Å². The Morgan fingerprint density at radius 1 is 0.550 bits per heavy atom.